The molecule has 3 aromatic carbocycles. The van der Waals surface area contributed by atoms with Crippen molar-refractivity contribution in [2.75, 3.05) is 4.90 Å². The molecule has 1 unspecified atom stereocenters. The summed E-state index contributed by atoms with van der Waals surface area (Å²) in [5.41, 5.74) is -0.0878. The molecule has 1 aliphatic heterocycles. The molecule has 156 valence electrons. The summed E-state index contributed by atoms with van der Waals surface area (Å²) in [6, 6.07) is 13.3. The molecule has 31 heavy (non-hydrogen) atoms. The van der Waals surface area contributed by atoms with Crippen LogP contribution < -0.4 is 4.90 Å². The summed E-state index contributed by atoms with van der Waals surface area (Å²) in [7, 11) is 0. The van der Waals surface area contributed by atoms with Crippen LogP contribution in [0.25, 0.3) is 5.76 Å². The van der Waals surface area contributed by atoms with Gasteiger partial charge in [-0.05, 0) is 48.5 Å². The minimum Gasteiger partial charge on any atom is -0.507 e. The van der Waals surface area contributed by atoms with Crippen LogP contribution in [0.1, 0.15) is 17.2 Å². The van der Waals surface area contributed by atoms with Crippen LogP contribution in [0, 0.1) is 11.6 Å². The third-order valence-electron chi connectivity index (χ3n) is 4.89. The Kier molecular flexibility index (Phi) is 5.52. The van der Waals surface area contributed by atoms with Crippen LogP contribution in [0.15, 0.2) is 72.3 Å². The maximum atomic E-state index is 14.8. The Balaban J connectivity index is 1.99. The highest BCUT2D eigenvalue weighted by molar-refractivity contribution is 6.52. The Morgan fingerprint density at radius 1 is 0.903 bits per heavy atom. The molecule has 0 radical (unpaired) electrons. The molecule has 1 aliphatic rings. The zero-order valence-electron chi connectivity index (χ0n) is 15.7. The molecule has 0 aliphatic carbocycles. The van der Waals surface area contributed by atoms with Crippen LogP contribution >= 0.6 is 23.2 Å². The minimum atomic E-state index is -1.29. The second-order valence-corrected chi connectivity index (χ2v) is 7.70. The summed E-state index contributed by atoms with van der Waals surface area (Å²) >= 11 is 12.1. The standard InChI is InChI=1S/C23H13Cl2F2NO3/c24-13-9-14(25)11-16(10-13)28-20(17-3-1-2-4-18(17)27)19(22(30)23(28)31)21(29)12-5-7-15(26)8-6-12/h1-11,20,29H/b21-19+. The average Bonchev–Trinajstić information content (AvgIpc) is 2.98. The van der Waals surface area contributed by atoms with Crippen molar-refractivity contribution >= 4 is 46.3 Å². The van der Waals surface area contributed by atoms with E-state index in [1.54, 1.807) is 6.07 Å². The molecule has 0 aromatic heterocycles. The van der Waals surface area contributed by atoms with Gasteiger partial charge in [-0.25, -0.2) is 8.78 Å². The van der Waals surface area contributed by atoms with Crippen molar-refractivity contribution in [1.29, 1.82) is 0 Å². The van der Waals surface area contributed by atoms with Gasteiger partial charge in [0, 0.05) is 26.9 Å². The van der Waals surface area contributed by atoms with Gasteiger partial charge in [0.15, 0.2) is 0 Å². The van der Waals surface area contributed by atoms with Crippen LogP contribution in [-0.4, -0.2) is 16.8 Å². The van der Waals surface area contributed by atoms with Crippen molar-refractivity contribution in [2.45, 2.75) is 6.04 Å². The zero-order chi connectivity index (χ0) is 22.3. The van der Waals surface area contributed by atoms with E-state index in [0.717, 1.165) is 17.0 Å². The number of nitrogens with zero attached hydrogens (tertiary/aromatic N) is 1. The van der Waals surface area contributed by atoms with Crippen molar-refractivity contribution in [3.63, 3.8) is 0 Å². The highest BCUT2D eigenvalue weighted by atomic mass is 35.5. The van der Waals surface area contributed by atoms with E-state index in [4.69, 9.17) is 23.2 Å². The Labute approximate surface area is 185 Å². The first-order valence-corrected chi connectivity index (χ1v) is 9.81. The Hall–Kier alpha value is -3.22. The smallest absolute Gasteiger partial charge is 0.300 e. The molecule has 1 atom stereocenters. The number of hydrogen-bond donors (Lipinski definition) is 1. The third-order valence-corrected chi connectivity index (χ3v) is 5.32. The highest BCUT2D eigenvalue weighted by Crippen LogP contribution is 2.43. The van der Waals surface area contributed by atoms with E-state index in [0.29, 0.717) is 0 Å². The number of benzene rings is 3. The van der Waals surface area contributed by atoms with Gasteiger partial charge in [0.05, 0.1) is 11.6 Å². The Morgan fingerprint density at radius 3 is 2.13 bits per heavy atom. The van der Waals surface area contributed by atoms with Gasteiger partial charge in [-0.15, -0.1) is 0 Å². The number of hydrogen-bond acceptors (Lipinski definition) is 3. The van der Waals surface area contributed by atoms with E-state index in [1.807, 2.05) is 0 Å². The topological polar surface area (TPSA) is 57.6 Å². The lowest BCUT2D eigenvalue weighted by atomic mass is 9.94. The second kappa shape index (κ2) is 8.13. The molecular weight excluding hydrogens is 447 g/mol. The SMILES string of the molecule is O=C1C(=O)N(c2cc(Cl)cc(Cl)c2)C(c2ccccc2F)/C1=C(\O)c1ccc(F)cc1. The second-order valence-electron chi connectivity index (χ2n) is 6.83. The van der Waals surface area contributed by atoms with Gasteiger partial charge in [-0.2, -0.15) is 0 Å². The van der Waals surface area contributed by atoms with E-state index < -0.39 is 35.1 Å². The van der Waals surface area contributed by atoms with E-state index >= 15 is 0 Å². The van der Waals surface area contributed by atoms with Crippen LogP contribution in [0.3, 0.4) is 0 Å². The third kappa shape index (κ3) is 3.80. The number of amides is 1. The largest absolute Gasteiger partial charge is 0.507 e. The van der Waals surface area contributed by atoms with Gasteiger partial charge in [0.25, 0.3) is 11.7 Å². The molecule has 1 amide bonds. The Bertz CT molecular complexity index is 1220. The lowest BCUT2D eigenvalue weighted by Gasteiger charge is -2.26. The normalized spacial score (nSPS) is 17.9. The number of carbonyl (C=O) groups is 2. The first kappa shape index (κ1) is 21.0. The molecule has 8 heteroatoms. The van der Waals surface area contributed by atoms with Crippen LogP contribution in [-0.2, 0) is 9.59 Å². The molecule has 0 saturated carbocycles. The number of rotatable bonds is 3. The number of aliphatic hydroxyl groups excluding tert-OH is 1. The van der Waals surface area contributed by atoms with Crippen LogP contribution in [0.2, 0.25) is 10.0 Å². The van der Waals surface area contributed by atoms with Crippen molar-refractivity contribution < 1.29 is 23.5 Å². The molecule has 0 bridgehead atoms. The lowest BCUT2D eigenvalue weighted by Crippen LogP contribution is -2.29. The summed E-state index contributed by atoms with van der Waals surface area (Å²) in [6.07, 6.45) is 0. The number of aliphatic hydroxyl groups is 1. The number of carbonyl (C=O) groups excluding carboxylic acids is 2. The monoisotopic (exact) mass is 459 g/mol. The molecule has 4 rings (SSSR count). The van der Waals surface area contributed by atoms with Crippen LogP contribution in [0.4, 0.5) is 14.5 Å². The number of halogens is 4. The maximum absolute atomic E-state index is 14.8. The van der Waals surface area contributed by atoms with E-state index in [9.17, 15) is 23.5 Å². The number of anilines is 1. The minimum absolute atomic E-state index is 0.0125. The van der Waals surface area contributed by atoms with Crippen molar-refractivity contribution in [1.82, 2.24) is 0 Å². The number of Topliss-reactive ketones (excluding diaryl/α,β-unsaturated/α-hetero) is 1. The highest BCUT2D eigenvalue weighted by Gasteiger charge is 2.48. The fourth-order valence-corrected chi connectivity index (χ4v) is 4.05. The van der Waals surface area contributed by atoms with Crippen molar-refractivity contribution in [3.05, 3.63) is 105 Å². The summed E-state index contributed by atoms with van der Waals surface area (Å²) < 4.78 is 28.1. The number of ketones is 1. The molecule has 1 saturated heterocycles. The lowest BCUT2D eigenvalue weighted by molar-refractivity contribution is -0.132. The Morgan fingerprint density at radius 2 is 1.52 bits per heavy atom. The summed E-state index contributed by atoms with van der Waals surface area (Å²) in [6.45, 7) is 0. The summed E-state index contributed by atoms with van der Waals surface area (Å²) in [4.78, 5) is 27.0. The van der Waals surface area contributed by atoms with Gasteiger partial charge >= 0.3 is 0 Å². The summed E-state index contributed by atoms with van der Waals surface area (Å²) in [5.74, 6) is -3.79. The molecule has 1 heterocycles. The van der Waals surface area contributed by atoms with Gasteiger partial charge in [-0.1, -0.05) is 41.4 Å². The molecule has 1 fully saturated rings. The molecule has 1 N–H and O–H groups in total. The first-order chi connectivity index (χ1) is 14.8. The van der Waals surface area contributed by atoms with E-state index in [-0.39, 0.29) is 32.4 Å². The molecular formula is C23H13Cl2F2NO3. The van der Waals surface area contributed by atoms with Gasteiger partial charge in [0.1, 0.15) is 17.4 Å². The predicted molar refractivity (Wildman–Crippen MR) is 114 cm³/mol. The first-order valence-electron chi connectivity index (χ1n) is 9.05. The molecule has 4 nitrogen and oxygen atoms in total. The van der Waals surface area contributed by atoms with E-state index in [1.165, 1.54) is 48.5 Å². The van der Waals surface area contributed by atoms with Crippen molar-refractivity contribution in [3.8, 4) is 0 Å². The molecule has 3 aromatic rings. The van der Waals surface area contributed by atoms with Gasteiger partial charge in [0.2, 0.25) is 0 Å². The predicted octanol–water partition coefficient (Wildman–Crippen LogP) is 5.90. The van der Waals surface area contributed by atoms with Crippen LogP contribution in [0.5, 0.6) is 0 Å². The maximum Gasteiger partial charge on any atom is 0.300 e. The molecule has 0 spiro atoms. The summed E-state index contributed by atoms with van der Waals surface area (Å²) in [5, 5.41) is 11.3. The van der Waals surface area contributed by atoms with Gasteiger partial charge < -0.3 is 5.11 Å². The zero-order valence-corrected chi connectivity index (χ0v) is 17.2. The fraction of sp³-hybridized carbons (Fsp3) is 0.0435. The van der Waals surface area contributed by atoms with E-state index in [2.05, 4.69) is 0 Å². The quantitative estimate of drug-likeness (QED) is 0.301. The van der Waals surface area contributed by atoms with Gasteiger partial charge in [-0.3, -0.25) is 14.5 Å². The van der Waals surface area contributed by atoms with Crippen molar-refractivity contribution in [2.24, 2.45) is 0 Å². The fourth-order valence-electron chi connectivity index (χ4n) is 3.53. The average molecular weight is 460 g/mol.